The lowest BCUT2D eigenvalue weighted by molar-refractivity contribution is -0.144. The Bertz CT molecular complexity index is 690. The molecule has 0 fully saturated rings. The first-order chi connectivity index (χ1) is 11.3. The molecular formula is C14H14F6O4S. The normalized spacial score (nSPS) is 12.9. The minimum absolute atomic E-state index is 0.0157. The van der Waals surface area contributed by atoms with Crippen molar-refractivity contribution in [3.63, 3.8) is 0 Å². The van der Waals surface area contributed by atoms with E-state index in [9.17, 15) is 39.6 Å². The first-order valence-corrected chi connectivity index (χ1v) is 8.60. The summed E-state index contributed by atoms with van der Waals surface area (Å²) in [6, 6.07) is 0.0805. The van der Waals surface area contributed by atoms with Crippen LogP contribution < -0.4 is 0 Å². The fraction of sp³-hybridized carbons (Fsp3) is 0.500. The van der Waals surface area contributed by atoms with Crippen molar-refractivity contribution in [2.75, 3.05) is 12.4 Å². The standard InChI is InChI=1S/C14H14F6O4S/c1-2-3-12(21)24-4-5-25(22,23)11-7-9(13(15,16)17)6-10(8-11)14(18,19)20/h6-8H,2-5H2,1H3. The minimum atomic E-state index is -5.15. The van der Waals surface area contributed by atoms with Crippen molar-refractivity contribution in [2.24, 2.45) is 0 Å². The number of rotatable bonds is 6. The molecule has 1 rings (SSSR count). The number of esters is 1. The van der Waals surface area contributed by atoms with E-state index < -0.39 is 56.5 Å². The van der Waals surface area contributed by atoms with Gasteiger partial charge in [0.15, 0.2) is 9.84 Å². The van der Waals surface area contributed by atoms with Crippen LogP contribution in [-0.2, 0) is 31.7 Å². The number of benzene rings is 1. The van der Waals surface area contributed by atoms with Crippen molar-refractivity contribution in [1.82, 2.24) is 0 Å². The average molecular weight is 392 g/mol. The lowest BCUT2D eigenvalue weighted by Gasteiger charge is -2.14. The molecule has 0 radical (unpaired) electrons. The van der Waals surface area contributed by atoms with Crippen molar-refractivity contribution >= 4 is 15.8 Å². The van der Waals surface area contributed by atoms with Crippen LogP contribution in [0, 0.1) is 0 Å². The molecule has 0 aliphatic heterocycles. The van der Waals surface area contributed by atoms with Crippen LogP contribution in [0.5, 0.6) is 0 Å². The quantitative estimate of drug-likeness (QED) is 0.545. The Balaban J connectivity index is 3.15. The van der Waals surface area contributed by atoms with Crippen LogP contribution >= 0.6 is 0 Å². The second-order valence-electron chi connectivity index (χ2n) is 5.03. The Labute approximate surface area is 139 Å². The molecule has 11 heteroatoms. The number of carbonyl (C=O) groups excluding carboxylic acids is 1. The fourth-order valence-electron chi connectivity index (χ4n) is 1.77. The van der Waals surface area contributed by atoms with Crippen molar-refractivity contribution in [2.45, 2.75) is 37.0 Å². The first-order valence-electron chi connectivity index (χ1n) is 6.95. The molecule has 1 aromatic rings. The molecule has 0 spiro atoms. The summed E-state index contributed by atoms with van der Waals surface area (Å²) in [5.41, 5.74) is -3.47. The third-order valence-electron chi connectivity index (χ3n) is 2.99. The maximum atomic E-state index is 12.7. The summed E-state index contributed by atoms with van der Waals surface area (Å²) in [4.78, 5) is 9.98. The number of halogens is 6. The van der Waals surface area contributed by atoms with E-state index in [1.54, 1.807) is 6.92 Å². The number of hydrogen-bond acceptors (Lipinski definition) is 4. The maximum absolute atomic E-state index is 12.7. The molecule has 0 amide bonds. The number of alkyl halides is 6. The molecule has 0 heterocycles. The molecule has 4 nitrogen and oxygen atoms in total. The van der Waals surface area contributed by atoms with Gasteiger partial charge < -0.3 is 4.74 Å². The summed E-state index contributed by atoms with van der Waals surface area (Å²) in [7, 11) is -4.51. The van der Waals surface area contributed by atoms with Crippen LogP contribution in [0.25, 0.3) is 0 Å². The largest absolute Gasteiger partial charge is 0.465 e. The molecule has 0 atom stereocenters. The Kier molecular flexibility index (Phi) is 6.49. The molecule has 0 bridgehead atoms. The Morgan fingerprint density at radius 3 is 1.88 bits per heavy atom. The van der Waals surface area contributed by atoms with Gasteiger partial charge in [0, 0.05) is 6.42 Å². The molecule has 0 aliphatic rings. The van der Waals surface area contributed by atoms with E-state index >= 15 is 0 Å². The van der Waals surface area contributed by atoms with Crippen LogP contribution in [-0.4, -0.2) is 26.7 Å². The highest BCUT2D eigenvalue weighted by Gasteiger charge is 2.38. The zero-order valence-electron chi connectivity index (χ0n) is 12.9. The molecule has 1 aromatic carbocycles. The fourth-order valence-corrected chi connectivity index (χ4v) is 2.92. The van der Waals surface area contributed by atoms with Crippen LogP contribution in [0.3, 0.4) is 0 Å². The minimum Gasteiger partial charge on any atom is -0.465 e. The summed E-state index contributed by atoms with van der Waals surface area (Å²) in [6.45, 7) is 0.998. The van der Waals surface area contributed by atoms with Gasteiger partial charge in [-0.15, -0.1) is 0 Å². The van der Waals surface area contributed by atoms with E-state index in [1.165, 1.54) is 0 Å². The van der Waals surface area contributed by atoms with E-state index in [1.807, 2.05) is 0 Å². The third kappa shape index (κ3) is 6.22. The van der Waals surface area contributed by atoms with Gasteiger partial charge >= 0.3 is 18.3 Å². The van der Waals surface area contributed by atoms with Crippen LogP contribution in [0.1, 0.15) is 30.9 Å². The van der Waals surface area contributed by atoms with Gasteiger partial charge in [0.2, 0.25) is 0 Å². The molecule has 0 saturated carbocycles. The van der Waals surface area contributed by atoms with Crippen molar-refractivity contribution in [3.05, 3.63) is 29.3 Å². The topological polar surface area (TPSA) is 60.4 Å². The van der Waals surface area contributed by atoms with E-state index in [-0.39, 0.29) is 24.6 Å². The summed E-state index contributed by atoms with van der Waals surface area (Å²) in [5, 5.41) is 0. The number of sulfone groups is 1. The van der Waals surface area contributed by atoms with Crippen LogP contribution in [0.2, 0.25) is 0 Å². The molecular weight excluding hydrogens is 378 g/mol. The number of ether oxygens (including phenoxy) is 1. The van der Waals surface area contributed by atoms with Gasteiger partial charge in [-0.1, -0.05) is 6.92 Å². The highest BCUT2D eigenvalue weighted by Crippen LogP contribution is 2.37. The molecule has 142 valence electrons. The average Bonchev–Trinajstić information content (AvgIpc) is 2.45. The van der Waals surface area contributed by atoms with Crippen LogP contribution in [0.15, 0.2) is 23.1 Å². The molecule has 0 N–H and O–H groups in total. The Morgan fingerprint density at radius 1 is 1.00 bits per heavy atom. The van der Waals surface area contributed by atoms with Crippen molar-refractivity contribution < 1.29 is 44.3 Å². The maximum Gasteiger partial charge on any atom is 0.416 e. The molecule has 0 aliphatic carbocycles. The zero-order valence-corrected chi connectivity index (χ0v) is 13.7. The highest BCUT2D eigenvalue weighted by atomic mass is 32.2. The molecule has 0 unspecified atom stereocenters. The van der Waals surface area contributed by atoms with Gasteiger partial charge in [0.05, 0.1) is 21.8 Å². The lowest BCUT2D eigenvalue weighted by atomic mass is 10.1. The van der Waals surface area contributed by atoms with Gasteiger partial charge in [0.1, 0.15) is 6.61 Å². The summed E-state index contributed by atoms with van der Waals surface area (Å²) in [5.74, 6) is -1.64. The van der Waals surface area contributed by atoms with Crippen molar-refractivity contribution in [1.29, 1.82) is 0 Å². The van der Waals surface area contributed by atoms with E-state index in [4.69, 9.17) is 0 Å². The van der Waals surface area contributed by atoms with Gasteiger partial charge in [-0.3, -0.25) is 4.79 Å². The SMILES string of the molecule is CCCC(=O)OCCS(=O)(=O)c1cc(C(F)(F)F)cc(C(F)(F)F)c1. The van der Waals surface area contributed by atoms with Crippen molar-refractivity contribution in [3.8, 4) is 0 Å². The second kappa shape index (κ2) is 7.63. The van der Waals surface area contributed by atoms with E-state index in [0.29, 0.717) is 6.42 Å². The number of carbonyl (C=O) groups is 1. The lowest BCUT2D eigenvalue weighted by Crippen LogP contribution is -2.18. The number of hydrogen-bond donors (Lipinski definition) is 0. The highest BCUT2D eigenvalue weighted by molar-refractivity contribution is 7.91. The molecule has 25 heavy (non-hydrogen) atoms. The molecule has 0 aromatic heterocycles. The van der Waals surface area contributed by atoms with Gasteiger partial charge in [-0.25, -0.2) is 8.42 Å². The predicted octanol–water partition coefficient (Wildman–Crippen LogP) is 3.84. The van der Waals surface area contributed by atoms with Gasteiger partial charge in [-0.2, -0.15) is 26.3 Å². The van der Waals surface area contributed by atoms with Crippen LogP contribution in [0.4, 0.5) is 26.3 Å². The summed E-state index contributed by atoms with van der Waals surface area (Å²) in [6.07, 6.45) is -9.85. The van der Waals surface area contributed by atoms with E-state index in [0.717, 1.165) is 0 Å². The van der Waals surface area contributed by atoms with Gasteiger partial charge in [-0.05, 0) is 24.6 Å². The second-order valence-corrected chi connectivity index (χ2v) is 7.14. The summed E-state index contributed by atoms with van der Waals surface area (Å²) >= 11 is 0. The predicted molar refractivity (Wildman–Crippen MR) is 74.4 cm³/mol. The van der Waals surface area contributed by atoms with Gasteiger partial charge in [0.25, 0.3) is 0 Å². The third-order valence-corrected chi connectivity index (χ3v) is 4.65. The Hall–Kier alpha value is -1.78. The smallest absolute Gasteiger partial charge is 0.416 e. The van der Waals surface area contributed by atoms with E-state index in [2.05, 4.69) is 4.74 Å². The first kappa shape index (κ1) is 21.3. The molecule has 0 saturated heterocycles. The Morgan fingerprint density at radius 2 is 1.48 bits per heavy atom. The zero-order chi connectivity index (χ0) is 19.5. The monoisotopic (exact) mass is 392 g/mol. The summed E-state index contributed by atoms with van der Waals surface area (Å²) < 4.78 is 105.